The number of nitrogens with one attached hydrogen (secondary N) is 1. The Morgan fingerprint density at radius 3 is 2.18 bits per heavy atom. The van der Waals surface area contributed by atoms with Gasteiger partial charge in [0.15, 0.2) is 5.78 Å². The summed E-state index contributed by atoms with van der Waals surface area (Å²) in [4.78, 5) is 48.5. The number of carbonyl (C=O) groups is 3. The number of rotatable bonds is 9. The summed E-state index contributed by atoms with van der Waals surface area (Å²) in [6.07, 6.45) is 1.07. The molecular weight excluding hydrogens is 362 g/mol. The average molecular weight is 381 g/mol. The predicted octanol–water partition coefficient (Wildman–Crippen LogP) is 1.64. The largest absolute Gasteiger partial charge is 0.490 e. The molecule has 1 unspecified atom stereocenters. The SMILES string of the molecule is CC(CC(=O)NCC(N)=O)Oc1ccc(C(=O)c2ccc(N=C=O)cc2)cc1. The van der Waals surface area contributed by atoms with Gasteiger partial charge in [0.05, 0.1) is 18.7 Å². The van der Waals surface area contributed by atoms with Crippen LogP contribution in [0.2, 0.25) is 0 Å². The lowest BCUT2D eigenvalue weighted by Crippen LogP contribution is -2.35. The maximum absolute atomic E-state index is 12.5. The maximum Gasteiger partial charge on any atom is 0.240 e. The third kappa shape index (κ3) is 6.19. The Morgan fingerprint density at radius 1 is 1.07 bits per heavy atom. The molecule has 8 heteroatoms. The van der Waals surface area contributed by atoms with Crippen LogP contribution in [0.3, 0.4) is 0 Å². The van der Waals surface area contributed by atoms with Crippen molar-refractivity contribution in [1.29, 1.82) is 0 Å². The normalized spacial score (nSPS) is 11.0. The number of isocyanates is 1. The highest BCUT2D eigenvalue weighted by Crippen LogP contribution is 2.19. The second-order valence-electron chi connectivity index (χ2n) is 5.98. The Kier molecular flexibility index (Phi) is 7.19. The zero-order valence-corrected chi connectivity index (χ0v) is 15.2. The van der Waals surface area contributed by atoms with E-state index in [1.165, 1.54) is 6.08 Å². The van der Waals surface area contributed by atoms with Crippen molar-refractivity contribution in [1.82, 2.24) is 5.32 Å². The van der Waals surface area contributed by atoms with Crippen molar-refractivity contribution in [3.63, 3.8) is 0 Å². The summed E-state index contributed by atoms with van der Waals surface area (Å²) in [5.41, 5.74) is 6.30. The van der Waals surface area contributed by atoms with E-state index in [1.807, 2.05) is 0 Å². The quantitative estimate of drug-likeness (QED) is 0.388. The number of amides is 2. The fraction of sp³-hybridized carbons (Fsp3) is 0.200. The van der Waals surface area contributed by atoms with Crippen LogP contribution in [0.25, 0.3) is 0 Å². The third-order valence-corrected chi connectivity index (χ3v) is 3.69. The molecule has 0 aromatic heterocycles. The van der Waals surface area contributed by atoms with Gasteiger partial charge in [-0.2, -0.15) is 4.99 Å². The summed E-state index contributed by atoms with van der Waals surface area (Å²) in [5, 5.41) is 2.39. The Balaban J connectivity index is 1.95. The van der Waals surface area contributed by atoms with Crippen molar-refractivity contribution < 1.29 is 23.9 Å². The first-order valence-corrected chi connectivity index (χ1v) is 8.43. The summed E-state index contributed by atoms with van der Waals surface area (Å²) < 4.78 is 5.64. The molecule has 0 radical (unpaired) electrons. The van der Waals surface area contributed by atoms with Crippen LogP contribution >= 0.6 is 0 Å². The summed E-state index contributed by atoms with van der Waals surface area (Å²) >= 11 is 0. The third-order valence-electron chi connectivity index (χ3n) is 3.69. The van der Waals surface area contributed by atoms with Crippen molar-refractivity contribution in [2.75, 3.05) is 6.54 Å². The Labute approximate surface area is 161 Å². The molecule has 0 aliphatic carbocycles. The second kappa shape index (κ2) is 9.80. The van der Waals surface area contributed by atoms with Gasteiger partial charge in [0, 0.05) is 11.1 Å². The van der Waals surface area contributed by atoms with E-state index in [4.69, 9.17) is 10.5 Å². The zero-order chi connectivity index (χ0) is 20.5. The second-order valence-corrected chi connectivity index (χ2v) is 5.98. The molecule has 0 aliphatic heterocycles. The first-order valence-electron chi connectivity index (χ1n) is 8.43. The first kappa shape index (κ1) is 20.5. The van der Waals surface area contributed by atoms with Gasteiger partial charge in [-0.3, -0.25) is 14.4 Å². The number of hydrogen-bond acceptors (Lipinski definition) is 6. The zero-order valence-electron chi connectivity index (χ0n) is 15.2. The summed E-state index contributed by atoms with van der Waals surface area (Å²) in [5.74, 6) is -0.650. The molecule has 2 aromatic carbocycles. The molecule has 0 heterocycles. The van der Waals surface area contributed by atoms with Gasteiger partial charge in [0.1, 0.15) is 11.9 Å². The molecule has 3 N–H and O–H groups in total. The first-order chi connectivity index (χ1) is 13.4. The van der Waals surface area contributed by atoms with Crippen LogP contribution in [0, 0.1) is 0 Å². The van der Waals surface area contributed by atoms with Crippen molar-refractivity contribution >= 4 is 29.4 Å². The van der Waals surface area contributed by atoms with Gasteiger partial charge in [-0.25, -0.2) is 4.79 Å². The molecule has 2 rings (SSSR count). The highest BCUT2D eigenvalue weighted by atomic mass is 16.5. The van der Waals surface area contributed by atoms with E-state index < -0.39 is 12.0 Å². The molecule has 144 valence electrons. The van der Waals surface area contributed by atoms with Crippen molar-refractivity contribution in [3.05, 3.63) is 59.7 Å². The van der Waals surface area contributed by atoms with Crippen LogP contribution in [0.5, 0.6) is 5.75 Å². The van der Waals surface area contributed by atoms with Gasteiger partial charge in [0.25, 0.3) is 0 Å². The van der Waals surface area contributed by atoms with E-state index in [-0.39, 0.29) is 24.7 Å². The lowest BCUT2D eigenvalue weighted by Gasteiger charge is -2.14. The van der Waals surface area contributed by atoms with Crippen LogP contribution in [0.15, 0.2) is 53.5 Å². The van der Waals surface area contributed by atoms with Crippen molar-refractivity contribution in [2.45, 2.75) is 19.4 Å². The monoisotopic (exact) mass is 381 g/mol. The Morgan fingerprint density at radius 2 is 1.64 bits per heavy atom. The number of primary amides is 1. The van der Waals surface area contributed by atoms with Gasteiger partial charge in [0.2, 0.25) is 17.9 Å². The number of carbonyl (C=O) groups excluding carboxylic acids is 4. The molecule has 0 aliphatic rings. The number of ether oxygens (including phenoxy) is 1. The molecule has 2 amide bonds. The molecule has 2 aromatic rings. The molecular formula is C20H19N3O5. The van der Waals surface area contributed by atoms with E-state index in [2.05, 4.69) is 10.3 Å². The van der Waals surface area contributed by atoms with Gasteiger partial charge in [-0.05, 0) is 55.5 Å². The minimum atomic E-state index is -0.617. The van der Waals surface area contributed by atoms with Crippen LogP contribution < -0.4 is 15.8 Å². The number of aliphatic imine (C=N–C) groups is 1. The molecule has 28 heavy (non-hydrogen) atoms. The minimum absolute atomic E-state index is 0.0591. The average Bonchev–Trinajstić information content (AvgIpc) is 2.67. The maximum atomic E-state index is 12.5. The summed E-state index contributed by atoms with van der Waals surface area (Å²) in [6.45, 7) is 1.50. The molecule has 0 spiro atoms. The molecule has 8 nitrogen and oxygen atoms in total. The number of nitrogens with zero attached hydrogens (tertiary/aromatic N) is 1. The van der Waals surface area contributed by atoms with E-state index in [9.17, 15) is 19.2 Å². The molecule has 0 saturated heterocycles. The predicted molar refractivity (Wildman–Crippen MR) is 101 cm³/mol. The highest BCUT2D eigenvalue weighted by molar-refractivity contribution is 6.09. The number of ketones is 1. The van der Waals surface area contributed by atoms with Crippen LogP contribution in [0.4, 0.5) is 5.69 Å². The minimum Gasteiger partial charge on any atom is -0.490 e. The highest BCUT2D eigenvalue weighted by Gasteiger charge is 2.13. The molecule has 0 bridgehead atoms. The molecule has 1 atom stereocenters. The summed E-state index contributed by atoms with van der Waals surface area (Å²) in [7, 11) is 0. The van der Waals surface area contributed by atoms with Crippen LogP contribution in [-0.4, -0.2) is 36.3 Å². The van der Waals surface area contributed by atoms with Crippen LogP contribution in [0.1, 0.15) is 29.3 Å². The number of nitrogens with two attached hydrogens (primary N) is 1. The van der Waals surface area contributed by atoms with Gasteiger partial charge < -0.3 is 15.8 Å². The topological polar surface area (TPSA) is 128 Å². The van der Waals surface area contributed by atoms with E-state index in [1.54, 1.807) is 55.5 Å². The van der Waals surface area contributed by atoms with Gasteiger partial charge >= 0.3 is 0 Å². The molecule has 0 fully saturated rings. The number of hydrogen-bond donors (Lipinski definition) is 2. The number of benzene rings is 2. The van der Waals surface area contributed by atoms with Crippen molar-refractivity contribution in [3.8, 4) is 5.75 Å². The Bertz CT molecular complexity index is 900. The fourth-order valence-electron chi connectivity index (χ4n) is 2.38. The van der Waals surface area contributed by atoms with Crippen molar-refractivity contribution in [2.24, 2.45) is 10.7 Å². The lowest BCUT2D eigenvalue weighted by atomic mass is 10.0. The van der Waals surface area contributed by atoms with E-state index in [0.717, 1.165) is 0 Å². The fourth-order valence-corrected chi connectivity index (χ4v) is 2.38. The van der Waals surface area contributed by atoms with Crippen LogP contribution in [-0.2, 0) is 14.4 Å². The van der Waals surface area contributed by atoms with E-state index in [0.29, 0.717) is 22.6 Å². The summed E-state index contributed by atoms with van der Waals surface area (Å²) in [6, 6.07) is 12.8. The lowest BCUT2D eigenvalue weighted by molar-refractivity contribution is -0.125. The van der Waals surface area contributed by atoms with Gasteiger partial charge in [-0.1, -0.05) is 0 Å². The van der Waals surface area contributed by atoms with E-state index >= 15 is 0 Å². The molecule has 0 saturated carbocycles. The standard InChI is InChI=1S/C20H19N3O5/c1-13(10-19(26)22-11-18(21)25)28-17-8-4-15(5-9-17)20(27)14-2-6-16(7-3-14)23-12-24/h2-9,13H,10-11H2,1H3,(H2,21,25)(H,22,26). The Hall–Kier alpha value is -3.77. The van der Waals surface area contributed by atoms with Gasteiger partial charge in [-0.15, -0.1) is 0 Å². The smallest absolute Gasteiger partial charge is 0.240 e.